The maximum Gasteiger partial charge on any atom is 0.0196 e. The number of aromatic nitrogens is 1. The van der Waals surface area contributed by atoms with Crippen LogP contribution in [0.25, 0.3) is 0 Å². The average Bonchev–Trinajstić information content (AvgIpc) is 2.74. The molecular weight excluding hydrogens is 196 g/mol. The van der Waals surface area contributed by atoms with E-state index in [1.54, 1.807) is 0 Å². The van der Waals surface area contributed by atoms with Gasteiger partial charge in [0.15, 0.2) is 0 Å². The lowest BCUT2D eigenvalue weighted by atomic mass is 9.91. The zero-order valence-corrected chi connectivity index (χ0v) is 11.1. The summed E-state index contributed by atoms with van der Waals surface area (Å²) in [6, 6.07) is 2.37. The van der Waals surface area contributed by atoms with Crippen LogP contribution in [0.5, 0.6) is 0 Å². The minimum atomic E-state index is 0.330. The molecule has 2 heterocycles. The third kappa shape index (κ3) is 2.03. The molecule has 0 radical (unpaired) electrons. The van der Waals surface area contributed by atoms with Crippen LogP contribution < -0.4 is 5.32 Å². The summed E-state index contributed by atoms with van der Waals surface area (Å²) < 4.78 is 2.41. The van der Waals surface area contributed by atoms with Gasteiger partial charge >= 0.3 is 0 Å². The fraction of sp³-hybridized carbons (Fsp3) is 0.714. The van der Waals surface area contributed by atoms with E-state index in [1.807, 2.05) is 0 Å². The first kappa shape index (κ1) is 11.7. The van der Waals surface area contributed by atoms with Crippen LogP contribution in [0.15, 0.2) is 6.07 Å². The second-order valence-corrected chi connectivity index (χ2v) is 5.41. The standard InChI is InChI=1S/C14H24N2/c1-5-16-11(2)9-13(12(16)3)10-14(4)7-6-8-15-14/h9,15H,5-8,10H2,1-4H3. The molecule has 1 aromatic heterocycles. The molecule has 1 aliphatic heterocycles. The minimum absolute atomic E-state index is 0.330. The van der Waals surface area contributed by atoms with Gasteiger partial charge in [-0.25, -0.2) is 0 Å². The van der Waals surface area contributed by atoms with E-state index in [2.05, 4.69) is 43.6 Å². The Morgan fingerprint density at radius 2 is 2.19 bits per heavy atom. The highest BCUT2D eigenvalue weighted by Crippen LogP contribution is 2.26. The molecule has 1 N–H and O–H groups in total. The van der Waals surface area contributed by atoms with E-state index in [1.165, 1.54) is 42.8 Å². The molecular formula is C14H24N2. The monoisotopic (exact) mass is 220 g/mol. The number of hydrogen-bond acceptors (Lipinski definition) is 1. The molecule has 1 aromatic rings. The van der Waals surface area contributed by atoms with Crippen molar-refractivity contribution in [2.24, 2.45) is 0 Å². The molecule has 0 aliphatic carbocycles. The van der Waals surface area contributed by atoms with Crippen molar-refractivity contribution < 1.29 is 0 Å². The summed E-state index contributed by atoms with van der Waals surface area (Å²) in [5.41, 5.74) is 4.71. The summed E-state index contributed by atoms with van der Waals surface area (Å²) in [6.45, 7) is 11.3. The zero-order chi connectivity index (χ0) is 11.8. The largest absolute Gasteiger partial charge is 0.349 e. The topological polar surface area (TPSA) is 17.0 Å². The predicted octanol–water partition coefficient (Wildman–Crippen LogP) is 2.81. The Hall–Kier alpha value is -0.760. The first-order valence-electron chi connectivity index (χ1n) is 6.46. The predicted molar refractivity (Wildman–Crippen MR) is 68.9 cm³/mol. The molecule has 16 heavy (non-hydrogen) atoms. The van der Waals surface area contributed by atoms with E-state index in [9.17, 15) is 0 Å². The van der Waals surface area contributed by atoms with Crippen molar-refractivity contribution in [2.75, 3.05) is 6.54 Å². The molecule has 2 nitrogen and oxygen atoms in total. The average molecular weight is 220 g/mol. The molecule has 2 rings (SSSR count). The fourth-order valence-electron chi connectivity index (χ4n) is 3.07. The summed E-state index contributed by atoms with van der Waals surface area (Å²) >= 11 is 0. The van der Waals surface area contributed by atoms with E-state index in [4.69, 9.17) is 0 Å². The Morgan fingerprint density at radius 1 is 1.44 bits per heavy atom. The Bertz CT molecular complexity index is 370. The summed E-state index contributed by atoms with van der Waals surface area (Å²) in [5.74, 6) is 0. The van der Waals surface area contributed by atoms with Crippen LogP contribution in [0.1, 0.15) is 43.6 Å². The van der Waals surface area contributed by atoms with E-state index in [0.29, 0.717) is 5.54 Å². The van der Waals surface area contributed by atoms with Gasteiger partial charge in [0.1, 0.15) is 0 Å². The van der Waals surface area contributed by atoms with E-state index < -0.39 is 0 Å². The maximum absolute atomic E-state index is 3.65. The lowest BCUT2D eigenvalue weighted by Gasteiger charge is -2.24. The third-order valence-electron chi connectivity index (χ3n) is 4.03. The molecule has 0 spiro atoms. The van der Waals surface area contributed by atoms with Crippen molar-refractivity contribution in [3.05, 3.63) is 23.0 Å². The SMILES string of the molecule is CCn1c(C)cc(CC2(C)CCCN2)c1C. The smallest absolute Gasteiger partial charge is 0.0196 e. The van der Waals surface area contributed by atoms with Crippen LogP contribution in [0, 0.1) is 13.8 Å². The number of aryl methyl sites for hydroxylation is 1. The highest BCUT2D eigenvalue weighted by Gasteiger charge is 2.29. The molecule has 1 fully saturated rings. The van der Waals surface area contributed by atoms with E-state index in [0.717, 1.165) is 6.54 Å². The van der Waals surface area contributed by atoms with Crippen molar-refractivity contribution in [1.82, 2.24) is 9.88 Å². The Morgan fingerprint density at radius 3 is 2.69 bits per heavy atom. The van der Waals surface area contributed by atoms with Crippen LogP contribution in [0.2, 0.25) is 0 Å². The molecule has 0 aromatic carbocycles. The molecule has 1 unspecified atom stereocenters. The van der Waals surface area contributed by atoms with Gasteiger partial charge in [-0.05, 0) is 65.1 Å². The summed E-state index contributed by atoms with van der Waals surface area (Å²) in [4.78, 5) is 0. The third-order valence-corrected chi connectivity index (χ3v) is 4.03. The van der Waals surface area contributed by atoms with Gasteiger partial charge in [-0.3, -0.25) is 0 Å². The van der Waals surface area contributed by atoms with Gasteiger partial charge in [-0.2, -0.15) is 0 Å². The molecule has 0 bridgehead atoms. The van der Waals surface area contributed by atoms with Gasteiger partial charge in [0.05, 0.1) is 0 Å². The van der Waals surface area contributed by atoms with Gasteiger partial charge < -0.3 is 9.88 Å². The van der Waals surface area contributed by atoms with Crippen LogP contribution in [0.4, 0.5) is 0 Å². The molecule has 1 aliphatic rings. The normalized spacial score (nSPS) is 25.2. The van der Waals surface area contributed by atoms with E-state index >= 15 is 0 Å². The highest BCUT2D eigenvalue weighted by molar-refractivity contribution is 5.28. The summed E-state index contributed by atoms with van der Waals surface area (Å²) in [7, 11) is 0. The molecule has 1 saturated heterocycles. The van der Waals surface area contributed by atoms with Crippen molar-refractivity contribution >= 4 is 0 Å². The Kier molecular flexibility index (Phi) is 3.11. The number of hydrogen-bond donors (Lipinski definition) is 1. The zero-order valence-electron chi connectivity index (χ0n) is 11.1. The van der Waals surface area contributed by atoms with Gasteiger partial charge in [0, 0.05) is 23.5 Å². The fourth-order valence-corrected chi connectivity index (χ4v) is 3.07. The van der Waals surface area contributed by atoms with Crippen molar-refractivity contribution in [3.63, 3.8) is 0 Å². The maximum atomic E-state index is 3.65. The number of rotatable bonds is 3. The molecule has 0 amide bonds. The first-order chi connectivity index (χ1) is 7.56. The van der Waals surface area contributed by atoms with Gasteiger partial charge in [0.2, 0.25) is 0 Å². The van der Waals surface area contributed by atoms with Gasteiger partial charge in [-0.15, -0.1) is 0 Å². The Balaban J connectivity index is 2.21. The quantitative estimate of drug-likeness (QED) is 0.829. The molecule has 0 saturated carbocycles. The van der Waals surface area contributed by atoms with Crippen LogP contribution in [0.3, 0.4) is 0 Å². The second-order valence-electron chi connectivity index (χ2n) is 5.41. The Labute approximate surface area is 99.0 Å². The van der Waals surface area contributed by atoms with Crippen LogP contribution >= 0.6 is 0 Å². The van der Waals surface area contributed by atoms with Crippen LogP contribution in [-0.4, -0.2) is 16.7 Å². The molecule has 2 heteroatoms. The van der Waals surface area contributed by atoms with Gasteiger partial charge in [-0.1, -0.05) is 0 Å². The van der Waals surface area contributed by atoms with E-state index in [-0.39, 0.29) is 0 Å². The van der Waals surface area contributed by atoms with Crippen molar-refractivity contribution in [2.45, 2.75) is 59.0 Å². The minimum Gasteiger partial charge on any atom is -0.349 e. The van der Waals surface area contributed by atoms with Gasteiger partial charge in [0.25, 0.3) is 0 Å². The lowest BCUT2D eigenvalue weighted by molar-refractivity contribution is 0.411. The van der Waals surface area contributed by atoms with Crippen molar-refractivity contribution in [1.29, 1.82) is 0 Å². The summed E-state index contributed by atoms with van der Waals surface area (Å²) in [6.07, 6.45) is 3.80. The number of nitrogens with zero attached hydrogens (tertiary/aromatic N) is 1. The lowest BCUT2D eigenvalue weighted by Crippen LogP contribution is -2.38. The second kappa shape index (κ2) is 4.25. The van der Waals surface area contributed by atoms with Crippen molar-refractivity contribution in [3.8, 4) is 0 Å². The van der Waals surface area contributed by atoms with Crippen LogP contribution in [-0.2, 0) is 13.0 Å². The highest BCUT2D eigenvalue weighted by atomic mass is 15.0. The summed E-state index contributed by atoms with van der Waals surface area (Å²) in [5, 5.41) is 3.65. The molecule has 90 valence electrons. The molecule has 1 atom stereocenters. The first-order valence-corrected chi connectivity index (χ1v) is 6.46. The number of nitrogens with one attached hydrogen (secondary N) is 1.